The minimum atomic E-state index is -0.177. The van der Waals surface area contributed by atoms with Crippen LogP contribution in [0.1, 0.15) is 61.0 Å². The lowest BCUT2D eigenvalue weighted by atomic mass is 10.0. The second-order valence-corrected chi connectivity index (χ2v) is 8.25. The topological polar surface area (TPSA) is 80.5 Å². The zero-order valence-electron chi connectivity index (χ0n) is 17.3. The summed E-state index contributed by atoms with van der Waals surface area (Å²) in [7, 11) is 0. The molecule has 1 aliphatic heterocycles. The molecule has 1 aliphatic carbocycles. The molecule has 1 saturated heterocycles. The Morgan fingerprint density at radius 2 is 2.10 bits per heavy atom. The van der Waals surface area contributed by atoms with E-state index in [4.69, 9.17) is 9.26 Å². The van der Waals surface area contributed by atoms with Crippen LogP contribution >= 0.6 is 0 Å². The van der Waals surface area contributed by atoms with E-state index in [0.717, 1.165) is 43.0 Å². The smallest absolute Gasteiger partial charge is 0.322 e. The fourth-order valence-electron chi connectivity index (χ4n) is 3.65. The van der Waals surface area contributed by atoms with Crippen LogP contribution in [0.2, 0.25) is 0 Å². The maximum atomic E-state index is 12.9. The summed E-state index contributed by atoms with van der Waals surface area (Å²) in [6.45, 7) is 6.23. The SMILES string of the molecule is Cc1ccc(NC(=O)N2CCCCC2c2nc(CCOCC3CC3)no2)cc1C. The number of nitrogens with zero attached hydrogens (tertiary/aromatic N) is 3. The van der Waals surface area contributed by atoms with Crippen LogP contribution in [-0.4, -0.2) is 40.8 Å². The van der Waals surface area contributed by atoms with Crippen LogP contribution in [0.3, 0.4) is 0 Å². The van der Waals surface area contributed by atoms with Crippen molar-refractivity contribution in [2.45, 2.75) is 58.4 Å². The van der Waals surface area contributed by atoms with Gasteiger partial charge in [-0.1, -0.05) is 11.2 Å². The molecule has 2 amide bonds. The summed E-state index contributed by atoms with van der Waals surface area (Å²) in [4.78, 5) is 19.3. The number of benzene rings is 1. The predicted molar refractivity (Wildman–Crippen MR) is 110 cm³/mol. The van der Waals surface area contributed by atoms with E-state index in [9.17, 15) is 4.79 Å². The van der Waals surface area contributed by atoms with Gasteiger partial charge in [0.05, 0.1) is 6.61 Å². The molecule has 2 aromatic rings. The first-order valence-electron chi connectivity index (χ1n) is 10.7. The number of piperidine rings is 1. The molecule has 1 N–H and O–H groups in total. The maximum absolute atomic E-state index is 12.9. The van der Waals surface area contributed by atoms with Crippen LogP contribution < -0.4 is 5.32 Å². The quantitative estimate of drug-likeness (QED) is 0.699. The summed E-state index contributed by atoms with van der Waals surface area (Å²) in [5.74, 6) is 1.93. The number of nitrogens with one attached hydrogen (secondary N) is 1. The van der Waals surface area contributed by atoms with E-state index in [2.05, 4.69) is 22.4 Å². The van der Waals surface area contributed by atoms with E-state index in [1.807, 2.05) is 30.0 Å². The minimum Gasteiger partial charge on any atom is -0.381 e. The molecule has 2 heterocycles. The van der Waals surface area contributed by atoms with Crippen LogP contribution in [-0.2, 0) is 11.2 Å². The number of rotatable bonds is 7. The summed E-state index contributed by atoms with van der Waals surface area (Å²) < 4.78 is 11.2. The first-order valence-corrected chi connectivity index (χ1v) is 10.7. The van der Waals surface area contributed by atoms with Gasteiger partial charge < -0.3 is 19.5 Å². The summed E-state index contributed by atoms with van der Waals surface area (Å²) in [5, 5.41) is 7.12. The fraction of sp³-hybridized carbons (Fsp3) is 0.591. The number of amides is 2. The van der Waals surface area contributed by atoms with Crippen LogP contribution in [0.4, 0.5) is 10.5 Å². The number of hydrogen-bond acceptors (Lipinski definition) is 5. The van der Waals surface area contributed by atoms with Gasteiger partial charge in [-0.15, -0.1) is 0 Å². The Bertz CT molecular complexity index is 846. The average Bonchev–Trinajstić information content (AvgIpc) is 3.43. The van der Waals surface area contributed by atoms with Crippen molar-refractivity contribution in [2.75, 3.05) is 25.1 Å². The number of hydrogen-bond donors (Lipinski definition) is 1. The Hall–Kier alpha value is -2.41. The Labute approximate surface area is 171 Å². The van der Waals surface area contributed by atoms with E-state index in [0.29, 0.717) is 31.3 Å². The van der Waals surface area contributed by atoms with Crippen molar-refractivity contribution >= 4 is 11.7 Å². The van der Waals surface area contributed by atoms with Gasteiger partial charge in [0.2, 0.25) is 5.89 Å². The van der Waals surface area contributed by atoms with Crippen molar-refractivity contribution in [1.29, 1.82) is 0 Å². The lowest BCUT2D eigenvalue weighted by Gasteiger charge is -2.33. The lowest BCUT2D eigenvalue weighted by Crippen LogP contribution is -2.41. The Morgan fingerprint density at radius 3 is 2.90 bits per heavy atom. The molecule has 0 radical (unpaired) electrons. The van der Waals surface area contributed by atoms with E-state index in [1.165, 1.54) is 18.4 Å². The van der Waals surface area contributed by atoms with Crippen LogP contribution in [0, 0.1) is 19.8 Å². The van der Waals surface area contributed by atoms with Crippen LogP contribution in [0.15, 0.2) is 22.7 Å². The van der Waals surface area contributed by atoms with E-state index < -0.39 is 0 Å². The molecular formula is C22H30N4O3. The molecule has 7 heteroatoms. The maximum Gasteiger partial charge on any atom is 0.322 e. The van der Waals surface area contributed by atoms with Gasteiger partial charge in [0.1, 0.15) is 6.04 Å². The van der Waals surface area contributed by atoms with Gasteiger partial charge >= 0.3 is 6.03 Å². The molecule has 1 aromatic carbocycles. The van der Waals surface area contributed by atoms with E-state index in [-0.39, 0.29) is 12.1 Å². The fourth-order valence-corrected chi connectivity index (χ4v) is 3.65. The summed E-state index contributed by atoms with van der Waals surface area (Å²) in [6, 6.07) is 5.66. The van der Waals surface area contributed by atoms with Crippen molar-refractivity contribution in [3.8, 4) is 0 Å². The first kappa shape index (κ1) is 19.9. The monoisotopic (exact) mass is 398 g/mol. The molecular weight excluding hydrogens is 368 g/mol. The zero-order valence-corrected chi connectivity index (χ0v) is 17.3. The Balaban J connectivity index is 1.37. The summed E-state index contributed by atoms with van der Waals surface area (Å²) in [6.07, 6.45) is 6.06. The number of aromatic nitrogens is 2. The molecule has 2 fully saturated rings. The van der Waals surface area contributed by atoms with Gasteiger partial charge in [-0.05, 0) is 75.1 Å². The molecule has 1 aromatic heterocycles. The number of urea groups is 1. The first-order chi connectivity index (χ1) is 14.1. The standard InChI is InChI=1S/C22H30N4O3/c1-15-6-9-18(13-16(15)2)23-22(27)26-11-4-3-5-19(26)21-24-20(25-29-21)10-12-28-14-17-7-8-17/h6,9,13,17,19H,3-5,7-8,10-12,14H2,1-2H3,(H,23,27). The van der Waals surface area contributed by atoms with Gasteiger partial charge in [-0.2, -0.15) is 4.98 Å². The van der Waals surface area contributed by atoms with Crippen LogP contribution in [0.25, 0.3) is 0 Å². The van der Waals surface area contributed by atoms with Crippen molar-refractivity contribution in [2.24, 2.45) is 5.92 Å². The largest absolute Gasteiger partial charge is 0.381 e. The van der Waals surface area contributed by atoms with E-state index >= 15 is 0 Å². The molecule has 156 valence electrons. The third-order valence-electron chi connectivity index (χ3n) is 5.81. The third kappa shape index (κ3) is 5.15. The molecule has 1 saturated carbocycles. The molecule has 2 aliphatic rings. The lowest BCUT2D eigenvalue weighted by molar-refractivity contribution is 0.125. The molecule has 1 unspecified atom stereocenters. The average molecular weight is 399 g/mol. The van der Waals surface area contributed by atoms with Gasteiger partial charge in [0.25, 0.3) is 0 Å². The predicted octanol–water partition coefficient (Wildman–Crippen LogP) is 4.41. The summed E-state index contributed by atoms with van der Waals surface area (Å²) >= 11 is 0. The molecule has 0 bridgehead atoms. The van der Waals surface area contributed by atoms with Gasteiger partial charge in [0, 0.05) is 25.3 Å². The highest BCUT2D eigenvalue weighted by molar-refractivity contribution is 5.89. The van der Waals surface area contributed by atoms with Crippen molar-refractivity contribution in [3.05, 3.63) is 41.0 Å². The minimum absolute atomic E-state index is 0.120. The second-order valence-electron chi connectivity index (χ2n) is 8.25. The van der Waals surface area contributed by atoms with Gasteiger partial charge in [-0.25, -0.2) is 4.79 Å². The number of carbonyl (C=O) groups is 1. The summed E-state index contributed by atoms with van der Waals surface area (Å²) in [5.41, 5.74) is 3.17. The second kappa shape index (κ2) is 8.95. The number of anilines is 1. The molecule has 4 rings (SSSR count). The Kier molecular flexibility index (Phi) is 6.13. The van der Waals surface area contributed by atoms with Crippen molar-refractivity contribution < 1.29 is 14.1 Å². The highest BCUT2D eigenvalue weighted by Crippen LogP contribution is 2.31. The molecule has 29 heavy (non-hydrogen) atoms. The van der Waals surface area contributed by atoms with Gasteiger partial charge in [0.15, 0.2) is 5.82 Å². The normalized spacial score (nSPS) is 19.4. The number of carbonyl (C=O) groups excluding carboxylic acids is 1. The highest BCUT2D eigenvalue weighted by atomic mass is 16.5. The van der Waals surface area contributed by atoms with Gasteiger partial charge in [-0.3, -0.25) is 0 Å². The molecule has 1 atom stereocenters. The van der Waals surface area contributed by atoms with Crippen molar-refractivity contribution in [3.63, 3.8) is 0 Å². The third-order valence-corrected chi connectivity index (χ3v) is 5.81. The highest BCUT2D eigenvalue weighted by Gasteiger charge is 2.32. The number of likely N-dealkylation sites (tertiary alicyclic amines) is 1. The molecule has 7 nitrogen and oxygen atoms in total. The van der Waals surface area contributed by atoms with E-state index in [1.54, 1.807) is 0 Å². The van der Waals surface area contributed by atoms with Crippen LogP contribution in [0.5, 0.6) is 0 Å². The van der Waals surface area contributed by atoms with Crippen molar-refractivity contribution in [1.82, 2.24) is 15.0 Å². The molecule has 0 spiro atoms. The number of ether oxygens (including phenoxy) is 1. The Morgan fingerprint density at radius 1 is 1.24 bits per heavy atom. The number of aryl methyl sites for hydroxylation is 2. The zero-order chi connectivity index (χ0) is 20.2.